The highest BCUT2D eigenvalue weighted by atomic mass is 14.1. The molecule has 0 nitrogen and oxygen atoms in total. The molecule has 6 aromatic carbocycles. The van der Waals surface area contributed by atoms with Crippen molar-refractivity contribution in [3.63, 3.8) is 0 Å². The highest BCUT2D eigenvalue weighted by molar-refractivity contribution is 6.32. The van der Waals surface area contributed by atoms with E-state index >= 15 is 0 Å². The summed E-state index contributed by atoms with van der Waals surface area (Å²) in [7, 11) is 6.13. The van der Waals surface area contributed by atoms with E-state index in [0.717, 1.165) is 16.6 Å². The van der Waals surface area contributed by atoms with Gasteiger partial charge in [-0.05, 0) is 79.9 Å². The van der Waals surface area contributed by atoms with Gasteiger partial charge in [0.2, 0.25) is 0 Å². The van der Waals surface area contributed by atoms with Crippen molar-refractivity contribution < 1.29 is 0 Å². The number of hydrogen-bond donors (Lipinski definition) is 0. The molecule has 0 atom stereocenters. The zero-order valence-electron chi connectivity index (χ0n) is 20.5. The van der Waals surface area contributed by atoms with E-state index in [-0.39, 0.29) is 0 Å². The SMILES string of the molecule is [B]c1cccc(-c2cc(-c3ccccc3)cc(-c3cccc(-c4ccc(-c5ccccc5)cc4)c3)c2)c1. The van der Waals surface area contributed by atoms with Crippen LogP contribution in [0.5, 0.6) is 0 Å². The molecule has 0 fully saturated rings. The predicted octanol–water partition coefficient (Wildman–Crippen LogP) is 8.82. The van der Waals surface area contributed by atoms with Gasteiger partial charge in [0.15, 0.2) is 0 Å². The first kappa shape index (κ1) is 22.8. The summed E-state index contributed by atoms with van der Waals surface area (Å²) in [6.45, 7) is 0. The Morgan fingerprint density at radius 1 is 0.243 bits per heavy atom. The van der Waals surface area contributed by atoms with Gasteiger partial charge in [0.1, 0.15) is 7.85 Å². The van der Waals surface area contributed by atoms with Gasteiger partial charge in [0.25, 0.3) is 0 Å². The molecule has 6 rings (SSSR count). The Balaban J connectivity index is 1.42. The van der Waals surface area contributed by atoms with Gasteiger partial charge in [-0.3, -0.25) is 0 Å². The molecule has 0 aromatic heterocycles. The molecule has 6 aromatic rings. The zero-order valence-corrected chi connectivity index (χ0v) is 20.5. The van der Waals surface area contributed by atoms with Crippen LogP contribution < -0.4 is 5.46 Å². The number of hydrogen-bond acceptors (Lipinski definition) is 0. The van der Waals surface area contributed by atoms with E-state index in [9.17, 15) is 0 Å². The molecule has 0 saturated carbocycles. The van der Waals surface area contributed by atoms with Crippen LogP contribution in [0.2, 0.25) is 0 Å². The summed E-state index contributed by atoms with van der Waals surface area (Å²) in [6, 6.07) is 53.6. The van der Waals surface area contributed by atoms with Crippen molar-refractivity contribution in [3.8, 4) is 55.6 Å². The fourth-order valence-corrected chi connectivity index (χ4v) is 4.84. The third kappa shape index (κ3) is 5.03. The first-order valence-corrected chi connectivity index (χ1v) is 12.6. The molecule has 0 aliphatic rings. The number of rotatable bonds is 5. The van der Waals surface area contributed by atoms with Crippen molar-refractivity contribution in [3.05, 3.63) is 152 Å². The van der Waals surface area contributed by atoms with Crippen LogP contribution in [0.15, 0.2) is 152 Å². The predicted molar refractivity (Wildman–Crippen MR) is 159 cm³/mol. The molecule has 0 amide bonds. The molecule has 0 heterocycles. The molecule has 0 aliphatic heterocycles. The van der Waals surface area contributed by atoms with Gasteiger partial charge < -0.3 is 0 Å². The van der Waals surface area contributed by atoms with E-state index in [4.69, 9.17) is 7.85 Å². The van der Waals surface area contributed by atoms with Gasteiger partial charge >= 0.3 is 0 Å². The maximum Gasteiger partial charge on any atom is 0.113 e. The van der Waals surface area contributed by atoms with Crippen molar-refractivity contribution in [2.75, 3.05) is 0 Å². The van der Waals surface area contributed by atoms with Gasteiger partial charge in [-0.1, -0.05) is 133 Å². The fraction of sp³-hybridized carbons (Fsp3) is 0. The van der Waals surface area contributed by atoms with Crippen LogP contribution in [0.1, 0.15) is 0 Å². The van der Waals surface area contributed by atoms with Crippen LogP contribution in [0.3, 0.4) is 0 Å². The third-order valence-electron chi connectivity index (χ3n) is 6.78. The highest BCUT2D eigenvalue weighted by Gasteiger charge is 2.09. The molecule has 0 aliphatic carbocycles. The highest BCUT2D eigenvalue weighted by Crippen LogP contribution is 2.34. The second-order valence-corrected chi connectivity index (χ2v) is 9.31. The fourth-order valence-electron chi connectivity index (χ4n) is 4.84. The van der Waals surface area contributed by atoms with Crippen LogP contribution in [0.4, 0.5) is 0 Å². The normalized spacial score (nSPS) is 10.8. The Morgan fingerprint density at radius 3 is 1.11 bits per heavy atom. The standard InChI is InChI=1S/C36H25B/c37-36-16-8-15-32(25-36)35-23-33(27-11-5-2-6-12-27)22-34(24-35)31-14-7-13-30(21-31)29-19-17-28(18-20-29)26-9-3-1-4-10-26/h1-25H. The smallest absolute Gasteiger partial charge is 0.0961 e. The van der Waals surface area contributed by atoms with E-state index in [1.165, 1.54) is 44.5 Å². The summed E-state index contributed by atoms with van der Waals surface area (Å²) in [5.41, 5.74) is 12.7. The maximum absolute atomic E-state index is 6.13. The summed E-state index contributed by atoms with van der Waals surface area (Å²) in [6.07, 6.45) is 0. The third-order valence-corrected chi connectivity index (χ3v) is 6.78. The second-order valence-electron chi connectivity index (χ2n) is 9.31. The molecule has 0 spiro atoms. The first-order valence-electron chi connectivity index (χ1n) is 12.6. The van der Waals surface area contributed by atoms with Crippen molar-refractivity contribution in [2.24, 2.45) is 0 Å². The van der Waals surface area contributed by atoms with E-state index < -0.39 is 0 Å². The molecular weight excluding hydrogens is 443 g/mol. The van der Waals surface area contributed by atoms with Gasteiger partial charge in [0, 0.05) is 0 Å². The Hall–Kier alpha value is -4.62. The van der Waals surface area contributed by atoms with E-state index in [1.807, 2.05) is 24.3 Å². The van der Waals surface area contributed by atoms with Gasteiger partial charge in [0.05, 0.1) is 0 Å². The Labute approximate surface area is 220 Å². The van der Waals surface area contributed by atoms with E-state index in [1.54, 1.807) is 0 Å². The van der Waals surface area contributed by atoms with Crippen LogP contribution in [0.25, 0.3) is 55.6 Å². The Morgan fingerprint density at radius 2 is 0.568 bits per heavy atom. The van der Waals surface area contributed by atoms with Crippen molar-refractivity contribution >= 4 is 13.3 Å². The lowest BCUT2D eigenvalue weighted by atomic mass is 9.89. The van der Waals surface area contributed by atoms with Crippen molar-refractivity contribution in [1.29, 1.82) is 0 Å². The summed E-state index contributed by atoms with van der Waals surface area (Å²) in [5, 5.41) is 0. The minimum Gasteiger partial charge on any atom is -0.0961 e. The average Bonchev–Trinajstić information content (AvgIpc) is 2.98. The summed E-state index contributed by atoms with van der Waals surface area (Å²) >= 11 is 0. The van der Waals surface area contributed by atoms with Crippen LogP contribution >= 0.6 is 0 Å². The van der Waals surface area contributed by atoms with E-state index in [2.05, 4.69) is 127 Å². The average molecular weight is 468 g/mol. The Bertz CT molecular complexity index is 1650. The van der Waals surface area contributed by atoms with Gasteiger partial charge in [-0.2, -0.15) is 0 Å². The van der Waals surface area contributed by atoms with Gasteiger partial charge in [-0.15, -0.1) is 0 Å². The lowest BCUT2D eigenvalue weighted by Gasteiger charge is -2.13. The Kier molecular flexibility index (Phi) is 6.27. The van der Waals surface area contributed by atoms with Crippen LogP contribution in [0, 0.1) is 0 Å². The van der Waals surface area contributed by atoms with Crippen LogP contribution in [-0.2, 0) is 0 Å². The zero-order chi connectivity index (χ0) is 25.0. The molecule has 0 unspecified atom stereocenters. The minimum atomic E-state index is 0.769. The van der Waals surface area contributed by atoms with Crippen LogP contribution in [-0.4, -0.2) is 7.85 Å². The van der Waals surface area contributed by atoms with Crippen molar-refractivity contribution in [2.45, 2.75) is 0 Å². The maximum atomic E-state index is 6.13. The van der Waals surface area contributed by atoms with E-state index in [0.29, 0.717) is 0 Å². The first-order chi connectivity index (χ1) is 18.2. The molecule has 0 N–H and O–H groups in total. The molecule has 0 bridgehead atoms. The summed E-state index contributed by atoms with van der Waals surface area (Å²) < 4.78 is 0. The largest absolute Gasteiger partial charge is 0.113 e. The molecule has 172 valence electrons. The second kappa shape index (κ2) is 10.2. The molecule has 1 heteroatoms. The lowest BCUT2D eigenvalue weighted by molar-refractivity contribution is 1.56. The minimum absolute atomic E-state index is 0.769. The molecule has 37 heavy (non-hydrogen) atoms. The quantitative estimate of drug-likeness (QED) is 0.222. The molecular formula is C36H25B. The van der Waals surface area contributed by atoms with Gasteiger partial charge in [-0.25, -0.2) is 0 Å². The number of benzene rings is 6. The van der Waals surface area contributed by atoms with Crippen molar-refractivity contribution in [1.82, 2.24) is 0 Å². The summed E-state index contributed by atoms with van der Waals surface area (Å²) in [4.78, 5) is 0. The molecule has 0 saturated heterocycles. The molecule has 2 radical (unpaired) electrons. The summed E-state index contributed by atoms with van der Waals surface area (Å²) in [5.74, 6) is 0. The monoisotopic (exact) mass is 468 g/mol. The lowest BCUT2D eigenvalue weighted by Crippen LogP contribution is -2.00. The topological polar surface area (TPSA) is 0 Å².